The summed E-state index contributed by atoms with van der Waals surface area (Å²) in [7, 11) is 0. The summed E-state index contributed by atoms with van der Waals surface area (Å²) in [5.41, 5.74) is 5.06. The van der Waals surface area contributed by atoms with Crippen molar-refractivity contribution in [1.29, 1.82) is 0 Å². The van der Waals surface area contributed by atoms with Crippen LogP contribution in [0.3, 0.4) is 0 Å². The van der Waals surface area contributed by atoms with Crippen LogP contribution < -0.4 is 15.5 Å². The number of fused-ring (bicyclic) bond motifs is 1. The molecule has 0 aromatic heterocycles. The lowest BCUT2D eigenvalue weighted by Crippen LogP contribution is -2.31. The zero-order valence-electron chi connectivity index (χ0n) is 16.3. The molecular weight excluding hydrogens is 368 g/mol. The average molecular weight is 394 g/mol. The standard InChI is InChI=1S/C23H26N2O4/c26-22(19-9-10-24-14-19)11-15-1-6-20(7-2-15)29-21-8-5-16-12-18(23(27)25-28)4-3-17(16)13-21/h1-2,5-8,13,18-19,24,28H,3-4,9-12,14H2,(H,25,27). The SMILES string of the molecule is O=C(Cc1ccc(Oc2ccc3c(c2)CCC(C(=O)NO)C3)cc1)C1CCNC1. The molecule has 2 aromatic carbocycles. The van der Waals surface area contributed by atoms with Crippen molar-refractivity contribution in [2.45, 2.75) is 32.1 Å². The number of ether oxygens (including phenoxy) is 1. The van der Waals surface area contributed by atoms with E-state index in [1.54, 1.807) is 5.48 Å². The van der Waals surface area contributed by atoms with Gasteiger partial charge in [0.05, 0.1) is 0 Å². The normalized spacial score (nSPS) is 20.7. The first-order chi connectivity index (χ1) is 14.1. The van der Waals surface area contributed by atoms with E-state index in [4.69, 9.17) is 9.94 Å². The van der Waals surface area contributed by atoms with Gasteiger partial charge in [-0.05, 0) is 73.2 Å². The van der Waals surface area contributed by atoms with Crippen molar-refractivity contribution in [2.24, 2.45) is 11.8 Å². The van der Waals surface area contributed by atoms with Crippen LogP contribution in [-0.4, -0.2) is 30.0 Å². The maximum Gasteiger partial charge on any atom is 0.246 e. The smallest absolute Gasteiger partial charge is 0.246 e. The van der Waals surface area contributed by atoms with E-state index >= 15 is 0 Å². The van der Waals surface area contributed by atoms with Crippen molar-refractivity contribution >= 4 is 11.7 Å². The van der Waals surface area contributed by atoms with E-state index in [0.717, 1.165) is 48.6 Å². The second-order valence-corrected chi connectivity index (χ2v) is 7.93. The fourth-order valence-electron chi connectivity index (χ4n) is 4.20. The Bertz CT molecular complexity index is 888. The molecular formula is C23H26N2O4. The molecule has 2 atom stereocenters. The van der Waals surface area contributed by atoms with Crippen LogP contribution in [0.1, 0.15) is 29.5 Å². The molecule has 0 saturated carbocycles. The lowest BCUT2D eigenvalue weighted by atomic mass is 9.83. The fraction of sp³-hybridized carbons (Fsp3) is 0.391. The van der Waals surface area contributed by atoms with Gasteiger partial charge in [-0.15, -0.1) is 0 Å². The number of nitrogens with one attached hydrogen (secondary N) is 2. The van der Waals surface area contributed by atoms with Gasteiger partial charge in [-0.2, -0.15) is 0 Å². The van der Waals surface area contributed by atoms with Crippen molar-refractivity contribution in [3.63, 3.8) is 0 Å². The number of ketones is 1. The van der Waals surface area contributed by atoms with Gasteiger partial charge in [-0.1, -0.05) is 18.2 Å². The molecule has 0 spiro atoms. The van der Waals surface area contributed by atoms with Gasteiger partial charge < -0.3 is 10.1 Å². The Hall–Kier alpha value is -2.70. The first kappa shape index (κ1) is 19.6. The molecule has 152 valence electrons. The molecule has 1 aliphatic heterocycles. The molecule has 0 radical (unpaired) electrons. The van der Waals surface area contributed by atoms with E-state index in [2.05, 4.69) is 5.32 Å². The average Bonchev–Trinajstić information content (AvgIpc) is 3.29. The zero-order chi connectivity index (χ0) is 20.2. The van der Waals surface area contributed by atoms with Crippen molar-refractivity contribution in [3.8, 4) is 11.5 Å². The van der Waals surface area contributed by atoms with Crippen LogP contribution in [0.2, 0.25) is 0 Å². The van der Waals surface area contributed by atoms with Crippen LogP contribution in [0.4, 0.5) is 0 Å². The lowest BCUT2D eigenvalue weighted by Gasteiger charge is -2.23. The molecule has 1 amide bonds. The summed E-state index contributed by atoms with van der Waals surface area (Å²) in [6, 6.07) is 13.6. The van der Waals surface area contributed by atoms with E-state index in [9.17, 15) is 9.59 Å². The number of Topliss-reactive ketones (excluding diaryl/α,β-unsaturated/α-hetero) is 1. The first-order valence-corrected chi connectivity index (χ1v) is 10.2. The largest absolute Gasteiger partial charge is 0.457 e. The van der Waals surface area contributed by atoms with Crippen molar-refractivity contribution in [2.75, 3.05) is 13.1 Å². The number of carbonyl (C=O) groups is 2. The summed E-state index contributed by atoms with van der Waals surface area (Å²) in [5.74, 6) is 1.43. The van der Waals surface area contributed by atoms with Gasteiger partial charge in [0.1, 0.15) is 17.3 Å². The Balaban J connectivity index is 1.37. The molecule has 4 rings (SSSR count). The summed E-state index contributed by atoms with van der Waals surface area (Å²) in [5, 5.41) is 12.1. The minimum absolute atomic E-state index is 0.143. The minimum Gasteiger partial charge on any atom is -0.457 e. The molecule has 6 heteroatoms. The third-order valence-corrected chi connectivity index (χ3v) is 5.94. The Kier molecular flexibility index (Phi) is 5.92. The first-order valence-electron chi connectivity index (χ1n) is 10.2. The van der Waals surface area contributed by atoms with Gasteiger partial charge >= 0.3 is 0 Å². The van der Waals surface area contributed by atoms with Crippen LogP contribution >= 0.6 is 0 Å². The molecule has 1 fully saturated rings. The number of hydrogen-bond acceptors (Lipinski definition) is 5. The van der Waals surface area contributed by atoms with Gasteiger partial charge in [-0.25, -0.2) is 5.48 Å². The molecule has 2 unspecified atom stereocenters. The Morgan fingerprint density at radius 3 is 2.55 bits per heavy atom. The molecule has 29 heavy (non-hydrogen) atoms. The highest BCUT2D eigenvalue weighted by Gasteiger charge is 2.25. The van der Waals surface area contributed by atoms with E-state index in [1.165, 1.54) is 5.56 Å². The number of aryl methyl sites for hydroxylation is 1. The molecule has 1 aliphatic carbocycles. The molecule has 3 N–H and O–H groups in total. The highest BCUT2D eigenvalue weighted by Crippen LogP contribution is 2.31. The van der Waals surface area contributed by atoms with Crippen LogP contribution in [0.25, 0.3) is 0 Å². The molecule has 6 nitrogen and oxygen atoms in total. The van der Waals surface area contributed by atoms with Crippen LogP contribution in [0.5, 0.6) is 11.5 Å². The quantitative estimate of drug-likeness (QED) is 0.518. The second-order valence-electron chi connectivity index (χ2n) is 7.93. The van der Waals surface area contributed by atoms with E-state index in [-0.39, 0.29) is 17.7 Å². The number of amides is 1. The number of rotatable bonds is 6. The second kappa shape index (κ2) is 8.76. The number of benzene rings is 2. The molecule has 0 bridgehead atoms. The van der Waals surface area contributed by atoms with Crippen molar-refractivity contribution < 1.29 is 19.5 Å². The predicted molar refractivity (Wildman–Crippen MR) is 108 cm³/mol. The summed E-state index contributed by atoms with van der Waals surface area (Å²) in [6.45, 7) is 1.73. The molecule has 2 aromatic rings. The van der Waals surface area contributed by atoms with Crippen molar-refractivity contribution in [3.05, 3.63) is 59.2 Å². The van der Waals surface area contributed by atoms with E-state index < -0.39 is 0 Å². The van der Waals surface area contributed by atoms with E-state index in [0.29, 0.717) is 25.0 Å². The molecule has 2 aliphatic rings. The molecule has 1 heterocycles. The van der Waals surface area contributed by atoms with Gasteiger partial charge in [-0.3, -0.25) is 14.8 Å². The zero-order valence-corrected chi connectivity index (χ0v) is 16.3. The topological polar surface area (TPSA) is 87.7 Å². The lowest BCUT2D eigenvalue weighted by molar-refractivity contribution is -0.133. The third-order valence-electron chi connectivity index (χ3n) is 5.94. The summed E-state index contributed by atoms with van der Waals surface area (Å²) in [4.78, 5) is 23.9. The third kappa shape index (κ3) is 4.66. The van der Waals surface area contributed by atoms with Gasteiger partial charge in [0.15, 0.2) is 0 Å². The maximum atomic E-state index is 12.3. The number of hydrogen-bond donors (Lipinski definition) is 3. The number of carbonyl (C=O) groups excluding carboxylic acids is 2. The Morgan fingerprint density at radius 1 is 1.03 bits per heavy atom. The van der Waals surface area contributed by atoms with Gasteiger partial charge in [0.25, 0.3) is 0 Å². The minimum atomic E-state index is -0.321. The summed E-state index contributed by atoms with van der Waals surface area (Å²) in [6.07, 6.45) is 3.52. The Morgan fingerprint density at radius 2 is 1.83 bits per heavy atom. The summed E-state index contributed by atoms with van der Waals surface area (Å²) < 4.78 is 5.99. The van der Waals surface area contributed by atoms with Crippen LogP contribution in [0, 0.1) is 11.8 Å². The van der Waals surface area contributed by atoms with Crippen molar-refractivity contribution in [1.82, 2.24) is 10.8 Å². The van der Waals surface area contributed by atoms with Gasteiger partial charge in [0, 0.05) is 24.8 Å². The molecule has 1 saturated heterocycles. The van der Waals surface area contributed by atoms with Crippen LogP contribution in [-0.2, 0) is 28.9 Å². The highest BCUT2D eigenvalue weighted by atomic mass is 16.5. The van der Waals surface area contributed by atoms with Gasteiger partial charge in [0.2, 0.25) is 5.91 Å². The summed E-state index contributed by atoms with van der Waals surface area (Å²) >= 11 is 0. The monoisotopic (exact) mass is 394 g/mol. The maximum absolute atomic E-state index is 12.3. The fourth-order valence-corrected chi connectivity index (χ4v) is 4.20. The Labute approximate surface area is 170 Å². The van der Waals surface area contributed by atoms with Crippen LogP contribution in [0.15, 0.2) is 42.5 Å². The van der Waals surface area contributed by atoms with E-state index in [1.807, 2.05) is 42.5 Å². The highest BCUT2D eigenvalue weighted by molar-refractivity contribution is 5.83. The number of hydroxylamine groups is 1. The predicted octanol–water partition coefficient (Wildman–Crippen LogP) is 2.81.